The van der Waals surface area contributed by atoms with E-state index in [-0.39, 0.29) is 32.2 Å². The van der Waals surface area contributed by atoms with Crippen molar-refractivity contribution in [1.29, 1.82) is 0 Å². The molecule has 0 saturated carbocycles. The number of alkyl halides is 1. The highest BCUT2D eigenvalue weighted by atomic mass is 35.5. The topological polar surface area (TPSA) is 60.8 Å². The number of aliphatic hydroxyl groups excluding tert-OH is 2. The van der Waals surface area contributed by atoms with Crippen LogP contribution in [0.5, 0.6) is 0 Å². The van der Waals surface area contributed by atoms with Crippen molar-refractivity contribution in [2.45, 2.75) is 12.8 Å². The van der Waals surface area contributed by atoms with Crippen LogP contribution in [-0.4, -0.2) is 53.2 Å². The number of aliphatic hydroxyl groups is 2. The lowest BCUT2D eigenvalue weighted by Gasteiger charge is -2.20. The fourth-order valence-corrected chi connectivity index (χ4v) is 1.11. The van der Waals surface area contributed by atoms with E-state index >= 15 is 0 Å². The average Bonchev–Trinajstić information content (AvgIpc) is 2.14. The molecule has 0 aromatic heterocycles. The molecule has 0 aliphatic rings. The maximum atomic E-state index is 11.3. The van der Waals surface area contributed by atoms with Crippen molar-refractivity contribution in [3.05, 3.63) is 0 Å². The standard InChI is InChI=1S/C8H16ClNO3/c9-3-1-2-8(13)10(4-6-11)5-7-12/h11-12H,1-7H2. The van der Waals surface area contributed by atoms with Crippen LogP contribution in [0.2, 0.25) is 0 Å². The second-order valence-corrected chi connectivity index (χ2v) is 3.00. The van der Waals surface area contributed by atoms with E-state index < -0.39 is 0 Å². The summed E-state index contributed by atoms with van der Waals surface area (Å²) in [6.07, 6.45) is 1.01. The number of carbonyl (C=O) groups excluding carboxylic acids is 1. The molecule has 0 radical (unpaired) electrons. The molecule has 0 fully saturated rings. The third kappa shape index (κ3) is 5.85. The fourth-order valence-electron chi connectivity index (χ4n) is 0.979. The maximum absolute atomic E-state index is 11.3. The highest BCUT2D eigenvalue weighted by Crippen LogP contribution is 1.98. The molecule has 0 rings (SSSR count). The molecule has 78 valence electrons. The van der Waals surface area contributed by atoms with Gasteiger partial charge in [-0.3, -0.25) is 4.79 Å². The molecule has 0 aromatic rings. The molecule has 0 spiro atoms. The van der Waals surface area contributed by atoms with Crippen molar-refractivity contribution < 1.29 is 15.0 Å². The predicted molar refractivity (Wildman–Crippen MR) is 50.7 cm³/mol. The zero-order valence-electron chi connectivity index (χ0n) is 7.58. The van der Waals surface area contributed by atoms with Gasteiger partial charge in [0.15, 0.2) is 0 Å². The second kappa shape index (κ2) is 8.29. The molecule has 0 atom stereocenters. The number of carbonyl (C=O) groups is 1. The molecule has 0 saturated heterocycles. The summed E-state index contributed by atoms with van der Waals surface area (Å²) < 4.78 is 0. The smallest absolute Gasteiger partial charge is 0.222 e. The summed E-state index contributed by atoms with van der Waals surface area (Å²) >= 11 is 5.43. The van der Waals surface area contributed by atoms with Gasteiger partial charge in [0.25, 0.3) is 0 Å². The summed E-state index contributed by atoms with van der Waals surface area (Å²) in [4.78, 5) is 12.8. The summed E-state index contributed by atoms with van der Waals surface area (Å²) in [7, 11) is 0. The maximum Gasteiger partial charge on any atom is 0.222 e. The first-order valence-corrected chi connectivity index (χ1v) is 4.85. The number of nitrogens with zero attached hydrogens (tertiary/aromatic N) is 1. The highest BCUT2D eigenvalue weighted by Gasteiger charge is 2.10. The van der Waals surface area contributed by atoms with Crippen LogP contribution in [0.3, 0.4) is 0 Å². The first-order valence-electron chi connectivity index (χ1n) is 4.31. The minimum Gasteiger partial charge on any atom is -0.395 e. The third-order valence-electron chi connectivity index (χ3n) is 1.62. The Morgan fingerprint density at radius 3 is 2.15 bits per heavy atom. The summed E-state index contributed by atoms with van der Waals surface area (Å²) in [6, 6.07) is 0. The zero-order valence-corrected chi connectivity index (χ0v) is 8.33. The summed E-state index contributed by atoms with van der Waals surface area (Å²) in [6.45, 7) is 0.405. The molecule has 0 aromatic carbocycles. The van der Waals surface area contributed by atoms with Crippen LogP contribution in [-0.2, 0) is 4.79 Å². The largest absolute Gasteiger partial charge is 0.395 e. The molecule has 0 heterocycles. The Balaban J connectivity index is 3.80. The molecule has 13 heavy (non-hydrogen) atoms. The van der Waals surface area contributed by atoms with Crippen molar-refractivity contribution >= 4 is 17.5 Å². The minimum absolute atomic E-state index is 0.0660. The van der Waals surface area contributed by atoms with Crippen LogP contribution in [0.25, 0.3) is 0 Å². The Kier molecular flexibility index (Phi) is 8.08. The molecule has 2 N–H and O–H groups in total. The van der Waals surface area contributed by atoms with Crippen molar-refractivity contribution in [1.82, 2.24) is 4.90 Å². The quantitative estimate of drug-likeness (QED) is 0.572. The van der Waals surface area contributed by atoms with Gasteiger partial charge < -0.3 is 15.1 Å². The van der Waals surface area contributed by atoms with Crippen LogP contribution >= 0.6 is 11.6 Å². The Labute approximate surface area is 83.1 Å². The van der Waals surface area contributed by atoms with Gasteiger partial charge in [-0.1, -0.05) is 0 Å². The van der Waals surface area contributed by atoms with Gasteiger partial charge in [0.2, 0.25) is 5.91 Å². The Morgan fingerprint density at radius 1 is 1.23 bits per heavy atom. The van der Waals surface area contributed by atoms with Crippen molar-refractivity contribution in [3.8, 4) is 0 Å². The molecular formula is C8H16ClNO3. The van der Waals surface area contributed by atoms with E-state index in [2.05, 4.69) is 0 Å². The molecule has 4 nitrogen and oxygen atoms in total. The highest BCUT2D eigenvalue weighted by molar-refractivity contribution is 6.17. The molecule has 0 bridgehead atoms. The second-order valence-electron chi connectivity index (χ2n) is 2.62. The SMILES string of the molecule is O=C(CCCCl)N(CCO)CCO. The van der Waals surface area contributed by atoms with Gasteiger partial charge in [-0.05, 0) is 6.42 Å². The van der Waals surface area contributed by atoms with Gasteiger partial charge >= 0.3 is 0 Å². The Morgan fingerprint density at radius 2 is 1.77 bits per heavy atom. The Bertz CT molecular complexity index is 137. The molecule has 0 unspecified atom stereocenters. The lowest BCUT2D eigenvalue weighted by molar-refractivity contribution is -0.132. The third-order valence-corrected chi connectivity index (χ3v) is 1.88. The van der Waals surface area contributed by atoms with Crippen molar-refractivity contribution in [2.75, 3.05) is 32.2 Å². The molecule has 0 aliphatic carbocycles. The van der Waals surface area contributed by atoms with Crippen LogP contribution in [0.15, 0.2) is 0 Å². The Hall–Kier alpha value is -0.320. The van der Waals surface area contributed by atoms with E-state index in [1.807, 2.05) is 0 Å². The first kappa shape index (κ1) is 12.7. The molecular weight excluding hydrogens is 194 g/mol. The first-order chi connectivity index (χ1) is 6.26. The van der Waals surface area contributed by atoms with Gasteiger partial charge in [-0.2, -0.15) is 0 Å². The van der Waals surface area contributed by atoms with Crippen LogP contribution in [0, 0.1) is 0 Å². The van der Waals surface area contributed by atoms with Gasteiger partial charge in [-0.25, -0.2) is 0 Å². The monoisotopic (exact) mass is 209 g/mol. The number of hydrogen-bond donors (Lipinski definition) is 2. The lowest BCUT2D eigenvalue weighted by atomic mass is 10.3. The lowest BCUT2D eigenvalue weighted by Crippen LogP contribution is -2.35. The van der Waals surface area contributed by atoms with Crippen LogP contribution < -0.4 is 0 Å². The van der Waals surface area contributed by atoms with Crippen LogP contribution in [0.4, 0.5) is 0 Å². The molecule has 1 amide bonds. The van der Waals surface area contributed by atoms with Gasteiger partial charge in [0.05, 0.1) is 13.2 Å². The van der Waals surface area contributed by atoms with Crippen LogP contribution in [0.1, 0.15) is 12.8 Å². The van der Waals surface area contributed by atoms with Gasteiger partial charge in [-0.15, -0.1) is 11.6 Å². The van der Waals surface area contributed by atoms with E-state index in [1.54, 1.807) is 0 Å². The number of amides is 1. The van der Waals surface area contributed by atoms with Gasteiger partial charge in [0.1, 0.15) is 0 Å². The van der Waals surface area contributed by atoms with Crippen molar-refractivity contribution in [3.63, 3.8) is 0 Å². The average molecular weight is 210 g/mol. The van der Waals surface area contributed by atoms with Gasteiger partial charge in [0, 0.05) is 25.4 Å². The number of hydrogen-bond acceptors (Lipinski definition) is 3. The summed E-state index contributed by atoms with van der Waals surface area (Å²) in [5.74, 6) is 0.390. The fraction of sp³-hybridized carbons (Fsp3) is 0.875. The summed E-state index contributed by atoms with van der Waals surface area (Å²) in [5.41, 5.74) is 0. The number of halogens is 1. The van der Waals surface area contributed by atoms with E-state index in [9.17, 15) is 4.79 Å². The zero-order chi connectivity index (χ0) is 10.1. The number of rotatable bonds is 7. The summed E-state index contributed by atoms with van der Waals surface area (Å²) in [5, 5.41) is 17.3. The van der Waals surface area contributed by atoms with E-state index in [4.69, 9.17) is 21.8 Å². The predicted octanol–water partition coefficient (Wildman–Crippen LogP) is -0.181. The molecule has 0 aliphatic heterocycles. The van der Waals surface area contributed by atoms with E-state index in [0.29, 0.717) is 18.7 Å². The van der Waals surface area contributed by atoms with E-state index in [0.717, 1.165) is 0 Å². The normalized spacial score (nSPS) is 10.1. The van der Waals surface area contributed by atoms with E-state index in [1.165, 1.54) is 4.90 Å². The minimum atomic E-state index is -0.0768. The van der Waals surface area contributed by atoms with Crippen molar-refractivity contribution in [2.24, 2.45) is 0 Å². The molecule has 5 heteroatoms.